The Hall–Kier alpha value is -4.26. The summed E-state index contributed by atoms with van der Waals surface area (Å²) in [4.78, 5) is 12.6. The summed E-state index contributed by atoms with van der Waals surface area (Å²) in [6.07, 6.45) is 1.57. The van der Waals surface area contributed by atoms with E-state index < -0.39 is 11.4 Å². The molecule has 10 heteroatoms. The van der Waals surface area contributed by atoms with Crippen LogP contribution in [-0.2, 0) is 13.6 Å². The molecule has 8 nitrogen and oxygen atoms in total. The summed E-state index contributed by atoms with van der Waals surface area (Å²) in [6.45, 7) is 2.19. The Morgan fingerprint density at radius 1 is 1.25 bits per heavy atom. The molecule has 0 aliphatic carbocycles. The number of hydrogen-bond acceptors (Lipinski definition) is 6. The second-order valence-electron chi connectivity index (χ2n) is 8.10. The standard InChI is InChI=1S/C26H20ClFN6O2/c1-3-36-20-9-13(8-16-19(11-30)32-33-26(35)21(16)20)18-12-31-34(2)25(18)22-17(10-29)14-6-4-5-7-15(14)23(27)24(22)28/h4-9,12H,3,11,30H2,1-2H3,(H,33,35). The molecule has 0 bridgehead atoms. The van der Waals surface area contributed by atoms with Crippen LogP contribution < -0.4 is 16.0 Å². The van der Waals surface area contributed by atoms with E-state index >= 15 is 4.39 Å². The van der Waals surface area contributed by atoms with E-state index in [4.69, 9.17) is 22.1 Å². The van der Waals surface area contributed by atoms with Crippen molar-refractivity contribution in [3.63, 3.8) is 0 Å². The van der Waals surface area contributed by atoms with Crippen molar-refractivity contribution >= 4 is 33.1 Å². The van der Waals surface area contributed by atoms with E-state index in [0.717, 1.165) is 0 Å². The number of nitrogens with zero attached hydrogens (tertiary/aromatic N) is 4. The Kier molecular flexibility index (Phi) is 5.92. The van der Waals surface area contributed by atoms with Crippen molar-refractivity contribution in [1.29, 1.82) is 5.26 Å². The number of H-pyrrole nitrogens is 1. The monoisotopic (exact) mass is 502 g/mol. The number of nitrogens with one attached hydrogen (secondary N) is 1. The Bertz CT molecular complexity index is 1770. The van der Waals surface area contributed by atoms with Crippen LogP contribution in [-0.4, -0.2) is 26.6 Å². The zero-order valence-corrected chi connectivity index (χ0v) is 20.2. The number of aromatic nitrogens is 4. The maximum absolute atomic E-state index is 15.8. The van der Waals surface area contributed by atoms with E-state index in [0.29, 0.717) is 56.4 Å². The molecule has 3 N–H and O–H groups in total. The van der Waals surface area contributed by atoms with Gasteiger partial charge in [0.05, 0.1) is 45.7 Å². The molecule has 0 aliphatic rings. The molecule has 0 aliphatic heterocycles. The number of nitrogens with two attached hydrogens (primary N) is 1. The van der Waals surface area contributed by atoms with Gasteiger partial charge >= 0.3 is 0 Å². The van der Waals surface area contributed by atoms with Gasteiger partial charge in [-0.2, -0.15) is 15.5 Å². The molecule has 5 rings (SSSR count). The third kappa shape index (κ3) is 3.50. The lowest BCUT2D eigenvalue weighted by atomic mass is 9.92. The largest absolute Gasteiger partial charge is 0.493 e. The van der Waals surface area contributed by atoms with E-state index in [1.807, 2.05) is 0 Å². The highest BCUT2D eigenvalue weighted by Gasteiger charge is 2.26. The van der Waals surface area contributed by atoms with Crippen LogP contribution >= 0.6 is 11.6 Å². The van der Waals surface area contributed by atoms with E-state index in [-0.39, 0.29) is 22.7 Å². The Balaban J connectivity index is 1.88. The minimum absolute atomic E-state index is 0.0392. The zero-order valence-electron chi connectivity index (χ0n) is 19.4. The molecule has 3 aromatic carbocycles. The Morgan fingerprint density at radius 3 is 2.69 bits per heavy atom. The molecule has 0 spiro atoms. The van der Waals surface area contributed by atoms with Crippen LogP contribution in [0, 0.1) is 17.1 Å². The second kappa shape index (κ2) is 9.07. The predicted octanol–water partition coefficient (Wildman–Crippen LogP) is 4.67. The molecule has 36 heavy (non-hydrogen) atoms. The molecular weight excluding hydrogens is 483 g/mol. The molecule has 0 unspecified atom stereocenters. The number of aromatic amines is 1. The van der Waals surface area contributed by atoms with Crippen molar-refractivity contribution in [2.45, 2.75) is 13.5 Å². The van der Waals surface area contributed by atoms with Gasteiger partial charge in [0.1, 0.15) is 11.8 Å². The highest BCUT2D eigenvalue weighted by atomic mass is 35.5. The summed E-state index contributed by atoms with van der Waals surface area (Å²) >= 11 is 6.43. The van der Waals surface area contributed by atoms with Crippen LogP contribution in [0.15, 0.2) is 47.4 Å². The fourth-order valence-electron chi connectivity index (χ4n) is 4.54. The molecule has 0 saturated carbocycles. The van der Waals surface area contributed by atoms with Crippen LogP contribution in [0.4, 0.5) is 4.39 Å². The van der Waals surface area contributed by atoms with Gasteiger partial charge in [-0.05, 0) is 24.6 Å². The topological polar surface area (TPSA) is 123 Å². The lowest BCUT2D eigenvalue weighted by molar-refractivity contribution is 0.344. The first-order valence-corrected chi connectivity index (χ1v) is 11.5. The first-order chi connectivity index (χ1) is 17.4. The van der Waals surface area contributed by atoms with Crippen molar-refractivity contribution in [3.8, 4) is 34.2 Å². The highest BCUT2D eigenvalue weighted by Crippen LogP contribution is 2.43. The molecule has 2 heterocycles. The van der Waals surface area contributed by atoms with Crippen molar-refractivity contribution < 1.29 is 9.13 Å². The molecule has 180 valence electrons. The molecule has 0 saturated heterocycles. The van der Waals surface area contributed by atoms with Crippen LogP contribution in [0.3, 0.4) is 0 Å². The normalized spacial score (nSPS) is 11.2. The van der Waals surface area contributed by atoms with Crippen molar-refractivity contribution in [2.24, 2.45) is 12.8 Å². The fraction of sp³-hybridized carbons (Fsp3) is 0.154. The van der Waals surface area contributed by atoms with Gasteiger partial charge in [0.25, 0.3) is 5.56 Å². The number of fused-ring (bicyclic) bond motifs is 2. The number of nitriles is 1. The lowest BCUT2D eigenvalue weighted by Crippen LogP contribution is -2.14. The van der Waals surface area contributed by atoms with Crippen molar-refractivity contribution in [1.82, 2.24) is 20.0 Å². The Morgan fingerprint density at radius 2 is 2.00 bits per heavy atom. The van der Waals surface area contributed by atoms with E-state index in [1.165, 1.54) is 4.68 Å². The van der Waals surface area contributed by atoms with Gasteiger partial charge in [-0.1, -0.05) is 35.9 Å². The van der Waals surface area contributed by atoms with Crippen LogP contribution in [0.25, 0.3) is 43.9 Å². The average Bonchev–Trinajstić information content (AvgIpc) is 3.27. The quantitative estimate of drug-likeness (QED) is 0.360. The van der Waals surface area contributed by atoms with Gasteiger partial charge in [0.2, 0.25) is 0 Å². The van der Waals surface area contributed by atoms with E-state index in [2.05, 4.69) is 21.4 Å². The fourth-order valence-corrected chi connectivity index (χ4v) is 4.80. The molecule has 5 aromatic rings. The molecule has 0 fully saturated rings. The number of benzene rings is 3. The van der Waals surface area contributed by atoms with Gasteiger partial charge in [-0.25, -0.2) is 9.49 Å². The smallest absolute Gasteiger partial charge is 0.275 e. The minimum Gasteiger partial charge on any atom is -0.493 e. The average molecular weight is 503 g/mol. The first kappa shape index (κ1) is 23.5. The summed E-state index contributed by atoms with van der Waals surface area (Å²) < 4.78 is 23.1. The number of aryl methyl sites for hydroxylation is 1. The number of ether oxygens (including phenoxy) is 1. The summed E-state index contributed by atoms with van der Waals surface area (Å²) in [5, 5.41) is 22.7. The zero-order chi connectivity index (χ0) is 25.6. The summed E-state index contributed by atoms with van der Waals surface area (Å²) in [7, 11) is 1.66. The SMILES string of the molecule is CCOc1cc(-c2cnn(C)c2-c2c(F)c(Cl)c3ccccc3c2C#N)cc2c(CN)n[nH]c(=O)c12. The van der Waals surface area contributed by atoms with Crippen molar-refractivity contribution in [3.05, 3.63) is 75.0 Å². The third-order valence-corrected chi connectivity index (χ3v) is 6.49. The van der Waals surface area contributed by atoms with Gasteiger partial charge in [0, 0.05) is 35.3 Å². The van der Waals surface area contributed by atoms with Crippen molar-refractivity contribution in [2.75, 3.05) is 6.61 Å². The maximum atomic E-state index is 15.8. The lowest BCUT2D eigenvalue weighted by Gasteiger charge is -2.15. The van der Waals surface area contributed by atoms with Crippen LogP contribution in [0.1, 0.15) is 18.2 Å². The van der Waals surface area contributed by atoms with Crippen LogP contribution in [0.5, 0.6) is 5.75 Å². The number of halogens is 2. The molecular formula is C26H20ClFN6O2. The van der Waals surface area contributed by atoms with Gasteiger partial charge in [0.15, 0.2) is 5.82 Å². The molecule has 0 radical (unpaired) electrons. The van der Waals surface area contributed by atoms with E-state index in [1.54, 1.807) is 56.6 Å². The Labute approximate surface area is 209 Å². The molecule has 0 atom stereocenters. The number of rotatable bonds is 5. The van der Waals surface area contributed by atoms with Gasteiger partial charge in [-0.3, -0.25) is 9.48 Å². The summed E-state index contributed by atoms with van der Waals surface area (Å²) in [5.74, 6) is -0.390. The first-order valence-electron chi connectivity index (χ1n) is 11.1. The van der Waals surface area contributed by atoms with E-state index in [9.17, 15) is 10.1 Å². The van der Waals surface area contributed by atoms with Gasteiger partial charge < -0.3 is 10.5 Å². The predicted molar refractivity (Wildman–Crippen MR) is 136 cm³/mol. The molecule has 0 amide bonds. The molecule has 2 aromatic heterocycles. The third-order valence-electron chi connectivity index (χ3n) is 6.12. The van der Waals surface area contributed by atoms with Gasteiger partial charge in [-0.15, -0.1) is 0 Å². The number of hydrogen-bond donors (Lipinski definition) is 2. The highest BCUT2D eigenvalue weighted by molar-refractivity contribution is 6.36. The summed E-state index contributed by atoms with van der Waals surface area (Å²) in [6, 6.07) is 12.5. The van der Waals surface area contributed by atoms with Crippen LogP contribution in [0.2, 0.25) is 5.02 Å². The second-order valence-corrected chi connectivity index (χ2v) is 8.48. The maximum Gasteiger partial charge on any atom is 0.275 e. The minimum atomic E-state index is -0.719. The summed E-state index contributed by atoms with van der Waals surface area (Å²) in [5.41, 5.74) is 7.58.